The van der Waals surface area contributed by atoms with Crippen LogP contribution in [0.4, 0.5) is 10.1 Å². The van der Waals surface area contributed by atoms with E-state index in [2.05, 4.69) is 10.3 Å². The highest BCUT2D eigenvalue weighted by molar-refractivity contribution is 7.92. The van der Waals surface area contributed by atoms with Crippen molar-refractivity contribution in [2.45, 2.75) is 11.4 Å². The average Bonchev–Trinajstić information content (AvgIpc) is 2.72. The van der Waals surface area contributed by atoms with Gasteiger partial charge in [0, 0.05) is 31.5 Å². The molecule has 6 nitrogen and oxygen atoms in total. The number of nitrogens with zero attached hydrogens (tertiary/aromatic N) is 2. The van der Waals surface area contributed by atoms with E-state index in [-0.39, 0.29) is 22.7 Å². The largest absolute Gasteiger partial charge is 0.348 e. The fourth-order valence-electron chi connectivity index (χ4n) is 2.58. The highest BCUT2D eigenvalue weighted by Crippen LogP contribution is 2.25. The third-order valence-electron chi connectivity index (χ3n) is 4.12. The molecule has 0 saturated carbocycles. The lowest BCUT2D eigenvalue weighted by molar-refractivity contribution is 0.0950. The fraction of sp³-hybridized carbons (Fsp3) is 0.100. The molecule has 1 N–H and O–H groups in total. The monoisotopic (exact) mass is 399 g/mol. The van der Waals surface area contributed by atoms with Crippen molar-refractivity contribution in [2.24, 2.45) is 0 Å². The molecule has 0 atom stereocenters. The van der Waals surface area contributed by atoms with Gasteiger partial charge in [0.05, 0.1) is 10.6 Å². The lowest BCUT2D eigenvalue weighted by Crippen LogP contribution is -2.28. The van der Waals surface area contributed by atoms with E-state index in [1.165, 1.54) is 49.5 Å². The van der Waals surface area contributed by atoms with Gasteiger partial charge in [-0.15, -0.1) is 0 Å². The summed E-state index contributed by atoms with van der Waals surface area (Å²) in [6.07, 6.45) is 3.26. The van der Waals surface area contributed by atoms with Crippen LogP contribution in [0.2, 0.25) is 0 Å². The quantitative estimate of drug-likeness (QED) is 0.691. The molecule has 0 spiro atoms. The molecule has 0 bridgehead atoms. The van der Waals surface area contributed by atoms with Gasteiger partial charge < -0.3 is 5.32 Å². The average molecular weight is 399 g/mol. The molecule has 0 saturated heterocycles. The Bertz CT molecular complexity index is 1090. The number of sulfonamides is 1. The summed E-state index contributed by atoms with van der Waals surface area (Å²) in [5, 5.41) is 2.72. The van der Waals surface area contributed by atoms with E-state index in [0.29, 0.717) is 0 Å². The van der Waals surface area contributed by atoms with Gasteiger partial charge in [-0.2, -0.15) is 0 Å². The van der Waals surface area contributed by atoms with E-state index >= 15 is 0 Å². The molecule has 0 fully saturated rings. The molecule has 8 heteroatoms. The standard InChI is InChI=1S/C20H18FN3O3S/c1-24(19-10-3-2-9-18(19)21)28(26,27)17-8-4-7-16(12-17)20(25)23-14-15-6-5-11-22-13-15/h2-13H,14H2,1H3,(H,23,25). The number of aromatic nitrogens is 1. The summed E-state index contributed by atoms with van der Waals surface area (Å²) in [6, 6.07) is 14.8. The molecule has 1 aromatic heterocycles. The first kappa shape index (κ1) is 19.5. The van der Waals surface area contributed by atoms with Crippen molar-refractivity contribution in [3.63, 3.8) is 0 Å². The Labute approximate surface area is 162 Å². The van der Waals surface area contributed by atoms with Crippen molar-refractivity contribution in [1.29, 1.82) is 0 Å². The van der Waals surface area contributed by atoms with Crippen LogP contribution < -0.4 is 9.62 Å². The zero-order chi connectivity index (χ0) is 20.1. The van der Waals surface area contributed by atoms with Crippen molar-refractivity contribution >= 4 is 21.6 Å². The minimum Gasteiger partial charge on any atom is -0.348 e. The summed E-state index contributed by atoms with van der Waals surface area (Å²) in [6.45, 7) is 0.263. The molecular weight excluding hydrogens is 381 g/mol. The van der Waals surface area contributed by atoms with Gasteiger partial charge in [0.25, 0.3) is 15.9 Å². The fourth-order valence-corrected chi connectivity index (χ4v) is 3.83. The Balaban J connectivity index is 1.82. The van der Waals surface area contributed by atoms with E-state index in [4.69, 9.17) is 0 Å². The smallest absolute Gasteiger partial charge is 0.264 e. The maximum Gasteiger partial charge on any atom is 0.264 e. The van der Waals surface area contributed by atoms with Gasteiger partial charge >= 0.3 is 0 Å². The first-order valence-corrected chi connectivity index (χ1v) is 9.84. The van der Waals surface area contributed by atoms with Gasteiger partial charge in [-0.05, 0) is 42.0 Å². The second-order valence-electron chi connectivity index (χ2n) is 6.00. The number of carbonyl (C=O) groups is 1. The summed E-state index contributed by atoms with van der Waals surface area (Å²) < 4.78 is 40.6. The molecule has 28 heavy (non-hydrogen) atoms. The van der Waals surface area contributed by atoms with E-state index in [0.717, 1.165) is 9.87 Å². The van der Waals surface area contributed by atoms with E-state index < -0.39 is 21.7 Å². The van der Waals surface area contributed by atoms with Crippen molar-refractivity contribution < 1.29 is 17.6 Å². The summed E-state index contributed by atoms with van der Waals surface area (Å²) in [5.41, 5.74) is 0.930. The number of halogens is 1. The topological polar surface area (TPSA) is 79.4 Å². The number of anilines is 1. The number of rotatable bonds is 6. The molecule has 144 valence electrons. The molecule has 0 unspecified atom stereocenters. The molecule has 1 amide bonds. The van der Waals surface area contributed by atoms with Crippen LogP contribution in [0.3, 0.4) is 0 Å². The number of hydrogen-bond acceptors (Lipinski definition) is 4. The normalized spacial score (nSPS) is 11.1. The number of amides is 1. The van der Waals surface area contributed by atoms with Crippen LogP contribution in [0.25, 0.3) is 0 Å². The Morgan fingerprint density at radius 3 is 2.61 bits per heavy atom. The minimum atomic E-state index is -4.03. The number of para-hydroxylation sites is 1. The van der Waals surface area contributed by atoms with E-state index in [9.17, 15) is 17.6 Å². The maximum absolute atomic E-state index is 14.0. The third kappa shape index (κ3) is 4.17. The van der Waals surface area contributed by atoms with Crippen molar-refractivity contribution in [3.8, 4) is 0 Å². The molecule has 3 rings (SSSR count). The number of hydrogen-bond donors (Lipinski definition) is 1. The highest BCUT2D eigenvalue weighted by atomic mass is 32.2. The van der Waals surface area contributed by atoms with Crippen molar-refractivity contribution in [1.82, 2.24) is 10.3 Å². The van der Waals surface area contributed by atoms with Gasteiger partial charge in [0.2, 0.25) is 0 Å². The molecule has 2 aromatic carbocycles. The Morgan fingerprint density at radius 2 is 1.89 bits per heavy atom. The zero-order valence-electron chi connectivity index (χ0n) is 15.0. The van der Waals surface area contributed by atoms with Gasteiger partial charge in [-0.3, -0.25) is 14.1 Å². The molecule has 0 aliphatic heterocycles. The van der Waals surface area contributed by atoms with Crippen LogP contribution in [0.15, 0.2) is 78.0 Å². The van der Waals surface area contributed by atoms with Gasteiger partial charge in [0.1, 0.15) is 5.82 Å². The van der Waals surface area contributed by atoms with Crippen molar-refractivity contribution in [3.05, 3.63) is 90.0 Å². The van der Waals surface area contributed by atoms with E-state index in [1.54, 1.807) is 24.5 Å². The predicted molar refractivity (Wildman–Crippen MR) is 104 cm³/mol. The molecular formula is C20H18FN3O3S. The van der Waals surface area contributed by atoms with Crippen LogP contribution in [0, 0.1) is 5.82 Å². The minimum absolute atomic E-state index is 0.0751. The van der Waals surface area contributed by atoms with Crippen molar-refractivity contribution in [2.75, 3.05) is 11.4 Å². The lowest BCUT2D eigenvalue weighted by atomic mass is 10.2. The first-order chi connectivity index (χ1) is 13.4. The maximum atomic E-state index is 14.0. The summed E-state index contributed by atoms with van der Waals surface area (Å²) in [4.78, 5) is 16.3. The predicted octanol–water partition coefficient (Wildman–Crippen LogP) is 2.98. The van der Waals surface area contributed by atoms with Gasteiger partial charge in [-0.25, -0.2) is 12.8 Å². The Hall–Kier alpha value is -3.26. The summed E-state index contributed by atoms with van der Waals surface area (Å²) in [5.74, 6) is -1.08. The van der Waals surface area contributed by atoms with Crippen LogP contribution in [0.5, 0.6) is 0 Å². The number of pyridine rings is 1. The molecule has 0 aliphatic rings. The molecule has 1 heterocycles. The molecule has 0 aliphatic carbocycles. The van der Waals surface area contributed by atoms with Gasteiger partial charge in [0.15, 0.2) is 0 Å². The van der Waals surface area contributed by atoms with E-state index in [1.807, 2.05) is 6.07 Å². The summed E-state index contributed by atoms with van der Waals surface area (Å²) in [7, 11) is -2.77. The second-order valence-corrected chi connectivity index (χ2v) is 7.96. The summed E-state index contributed by atoms with van der Waals surface area (Å²) >= 11 is 0. The highest BCUT2D eigenvalue weighted by Gasteiger charge is 2.24. The molecule has 0 radical (unpaired) electrons. The zero-order valence-corrected chi connectivity index (χ0v) is 15.9. The molecule has 3 aromatic rings. The Morgan fingerprint density at radius 1 is 1.11 bits per heavy atom. The number of nitrogens with one attached hydrogen (secondary N) is 1. The lowest BCUT2D eigenvalue weighted by Gasteiger charge is -2.20. The van der Waals surface area contributed by atoms with Crippen LogP contribution in [-0.2, 0) is 16.6 Å². The number of carbonyl (C=O) groups excluding carboxylic acids is 1. The number of benzene rings is 2. The SMILES string of the molecule is CN(c1ccccc1F)S(=O)(=O)c1cccc(C(=O)NCc2cccnc2)c1. The first-order valence-electron chi connectivity index (χ1n) is 8.40. The third-order valence-corrected chi connectivity index (χ3v) is 5.89. The Kier molecular flexibility index (Phi) is 5.70. The second kappa shape index (κ2) is 8.18. The van der Waals surface area contributed by atoms with Crippen LogP contribution >= 0.6 is 0 Å². The van der Waals surface area contributed by atoms with Gasteiger partial charge in [-0.1, -0.05) is 24.3 Å². The van der Waals surface area contributed by atoms with Crippen LogP contribution in [0.1, 0.15) is 15.9 Å². The van der Waals surface area contributed by atoms with Crippen LogP contribution in [-0.4, -0.2) is 26.4 Å².